The van der Waals surface area contributed by atoms with Crippen molar-refractivity contribution >= 4 is 44.8 Å². The summed E-state index contributed by atoms with van der Waals surface area (Å²) in [5, 5.41) is 4.71. The number of nitrogens with one attached hydrogen (secondary N) is 1. The molecular weight excluding hydrogens is 360 g/mol. The Kier molecular flexibility index (Phi) is 5.93. The minimum atomic E-state index is -0.178. The maximum absolute atomic E-state index is 12.5. The number of hydrogen-bond acceptors (Lipinski definition) is 4. The SMILES string of the molecule is COCCN1C[C@@H](C(=O)NCc2sc3ccccc3c2Cl)CCC1=O. The molecule has 1 aliphatic heterocycles. The van der Waals surface area contributed by atoms with E-state index in [1.807, 2.05) is 24.3 Å². The smallest absolute Gasteiger partial charge is 0.225 e. The summed E-state index contributed by atoms with van der Waals surface area (Å²) in [5.41, 5.74) is 0. The fourth-order valence-electron chi connectivity index (χ4n) is 3.04. The number of benzene rings is 1. The van der Waals surface area contributed by atoms with E-state index in [0.717, 1.165) is 15.0 Å². The van der Waals surface area contributed by atoms with Gasteiger partial charge >= 0.3 is 0 Å². The Morgan fingerprint density at radius 3 is 3.00 bits per heavy atom. The van der Waals surface area contributed by atoms with Crippen LogP contribution in [0.25, 0.3) is 10.1 Å². The van der Waals surface area contributed by atoms with Crippen LogP contribution in [0.3, 0.4) is 0 Å². The van der Waals surface area contributed by atoms with Gasteiger partial charge in [0.15, 0.2) is 0 Å². The molecule has 0 unspecified atom stereocenters. The van der Waals surface area contributed by atoms with Gasteiger partial charge in [0.25, 0.3) is 0 Å². The van der Waals surface area contributed by atoms with Crippen LogP contribution < -0.4 is 5.32 Å². The number of piperidine rings is 1. The molecular formula is C18H21ClN2O3S. The predicted octanol–water partition coefficient (Wildman–Crippen LogP) is 3.06. The third-order valence-corrected chi connectivity index (χ3v) is 6.18. The minimum absolute atomic E-state index is 0.0246. The molecule has 0 spiro atoms. The van der Waals surface area contributed by atoms with E-state index in [2.05, 4.69) is 5.32 Å². The lowest BCUT2D eigenvalue weighted by molar-refractivity contribution is -0.138. The Morgan fingerprint density at radius 1 is 1.44 bits per heavy atom. The third kappa shape index (κ3) is 4.14. The molecule has 2 heterocycles. The van der Waals surface area contributed by atoms with Crippen molar-refractivity contribution in [3.05, 3.63) is 34.2 Å². The second kappa shape index (κ2) is 8.17. The van der Waals surface area contributed by atoms with Crippen LogP contribution in [0.4, 0.5) is 0 Å². The standard InChI is InChI=1S/C18H21ClN2O3S/c1-24-9-8-21-11-12(6-7-16(21)22)18(23)20-10-15-17(19)13-4-2-3-5-14(13)25-15/h2-5,12H,6-11H2,1H3,(H,20,23)/t12-/m0/s1. The maximum Gasteiger partial charge on any atom is 0.225 e. The summed E-state index contributed by atoms with van der Waals surface area (Å²) in [6, 6.07) is 7.94. The lowest BCUT2D eigenvalue weighted by Gasteiger charge is -2.31. The summed E-state index contributed by atoms with van der Waals surface area (Å²) in [5.74, 6) is -0.111. The van der Waals surface area contributed by atoms with Crippen molar-refractivity contribution in [3.63, 3.8) is 0 Å². The summed E-state index contributed by atoms with van der Waals surface area (Å²) in [4.78, 5) is 27.1. The lowest BCUT2D eigenvalue weighted by atomic mass is 9.96. The van der Waals surface area contributed by atoms with E-state index in [1.165, 1.54) is 0 Å². The molecule has 0 radical (unpaired) electrons. The van der Waals surface area contributed by atoms with Crippen molar-refractivity contribution in [2.45, 2.75) is 19.4 Å². The molecule has 1 aliphatic rings. The molecule has 0 aliphatic carbocycles. The molecule has 134 valence electrons. The second-order valence-corrected chi connectivity index (χ2v) is 7.64. The number of carbonyl (C=O) groups is 2. The van der Waals surface area contributed by atoms with Crippen molar-refractivity contribution in [1.82, 2.24) is 10.2 Å². The molecule has 1 fully saturated rings. The number of methoxy groups -OCH3 is 1. The van der Waals surface area contributed by atoms with Crippen LogP contribution >= 0.6 is 22.9 Å². The number of hydrogen-bond donors (Lipinski definition) is 1. The quantitative estimate of drug-likeness (QED) is 0.837. The molecule has 1 atom stereocenters. The van der Waals surface area contributed by atoms with Crippen LogP contribution in [0.1, 0.15) is 17.7 Å². The molecule has 2 amide bonds. The molecule has 1 saturated heterocycles. The minimum Gasteiger partial charge on any atom is -0.383 e. The van der Waals surface area contributed by atoms with Crippen molar-refractivity contribution < 1.29 is 14.3 Å². The van der Waals surface area contributed by atoms with Crippen LogP contribution in [0.2, 0.25) is 5.02 Å². The van der Waals surface area contributed by atoms with Gasteiger partial charge in [-0.3, -0.25) is 9.59 Å². The van der Waals surface area contributed by atoms with Crippen molar-refractivity contribution in [2.75, 3.05) is 26.8 Å². The Morgan fingerprint density at radius 2 is 2.24 bits per heavy atom. The number of likely N-dealkylation sites (tertiary alicyclic amines) is 1. The summed E-state index contributed by atoms with van der Waals surface area (Å²) in [7, 11) is 1.60. The van der Waals surface area contributed by atoms with Gasteiger partial charge in [-0.25, -0.2) is 0 Å². The fourth-order valence-corrected chi connectivity index (χ4v) is 4.48. The van der Waals surface area contributed by atoms with Crippen LogP contribution in [0.15, 0.2) is 24.3 Å². The maximum atomic E-state index is 12.5. The summed E-state index contributed by atoms with van der Waals surface area (Å²) >= 11 is 8.02. The number of amides is 2. The van der Waals surface area contributed by atoms with Crippen LogP contribution in [-0.4, -0.2) is 43.5 Å². The zero-order chi connectivity index (χ0) is 17.8. The molecule has 1 N–H and O–H groups in total. The van der Waals surface area contributed by atoms with E-state index >= 15 is 0 Å². The highest BCUT2D eigenvalue weighted by Crippen LogP contribution is 2.35. The van der Waals surface area contributed by atoms with Crippen molar-refractivity contribution in [3.8, 4) is 0 Å². The first-order chi connectivity index (χ1) is 12.1. The van der Waals surface area contributed by atoms with E-state index in [0.29, 0.717) is 44.1 Å². The molecule has 25 heavy (non-hydrogen) atoms. The van der Waals surface area contributed by atoms with E-state index < -0.39 is 0 Å². The van der Waals surface area contributed by atoms with Gasteiger partial charge in [0.2, 0.25) is 11.8 Å². The number of nitrogens with zero attached hydrogens (tertiary/aromatic N) is 1. The van der Waals surface area contributed by atoms with E-state index in [4.69, 9.17) is 16.3 Å². The number of thiophene rings is 1. The second-order valence-electron chi connectivity index (χ2n) is 6.12. The third-order valence-electron chi connectivity index (χ3n) is 4.46. The number of halogens is 1. The highest BCUT2D eigenvalue weighted by Gasteiger charge is 2.30. The number of ether oxygens (including phenoxy) is 1. The van der Waals surface area contributed by atoms with Crippen LogP contribution in [-0.2, 0) is 20.9 Å². The zero-order valence-electron chi connectivity index (χ0n) is 14.1. The zero-order valence-corrected chi connectivity index (χ0v) is 15.7. The summed E-state index contributed by atoms with van der Waals surface area (Å²) < 4.78 is 6.14. The highest BCUT2D eigenvalue weighted by atomic mass is 35.5. The van der Waals surface area contributed by atoms with Crippen LogP contribution in [0.5, 0.6) is 0 Å². The molecule has 7 heteroatoms. The summed E-state index contributed by atoms with van der Waals surface area (Å²) in [6.45, 7) is 1.88. The monoisotopic (exact) mass is 380 g/mol. The van der Waals surface area contributed by atoms with Gasteiger partial charge in [0, 0.05) is 41.6 Å². The first-order valence-electron chi connectivity index (χ1n) is 8.30. The average molecular weight is 381 g/mol. The fraction of sp³-hybridized carbons (Fsp3) is 0.444. The topological polar surface area (TPSA) is 58.6 Å². The molecule has 5 nitrogen and oxygen atoms in total. The predicted molar refractivity (Wildman–Crippen MR) is 99.9 cm³/mol. The van der Waals surface area contributed by atoms with E-state index in [1.54, 1.807) is 23.3 Å². The van der Waals surface area contributed by atoms with E-state index in [-0.39, 0.29) is 17.7 Å². The first kappa shape index (κ1) is 18.2. The molecule has 1 aromatic carbocycles. The highest BCUT2D eigenvalue weighted by molar-refractivity contribution is 7.19. The van der Waals surface area contributed by atoms with Gasteiger partial charge in [-0.1, -0.05) is 29.8 Å². The van der Waals surface area contributed by atoms with Gasteiger partial charge in [0.05, 0.1) is 24.1 Å². The Hall–Kier alpha value is -1.63. The normalized spacial score (nSPS) is 17.9. The number of carbonyl (C=O) groups excluding carboxylic acids is 2. The number of fused-ring (bicyclic) bond motifs is 1. The van der Waals surface area contributed by atoms with Gasteiger partial charge in [-0.15, -0.1) is 11.3 Å². The van der Waals surface area contributed by atoms with Crippen molar-refractivity contribution in [1.29, 1.82) is 0 Å². The van der Waals surface area contributed by atoms with Gasteiger partial charge in [-0.2, -0.15) is 0 Å². The van der Waals surface area contributed by atoms with Gasteiger partial charge in [-0.05, 0) is 12.5 Å². The lowest BCUT2D eigenvalue weighted by Crippen LogP contribution is -2.46. The Bertz CT molecular complexity index is 777. The van der Waals surface area contributed by atoms with Crippen LogP contribution in [0, 0.1) is 5.92 Å². The summed E-state index contributed by atoms with van der Waals surface area (Å²) in [6.07, 6.45) is 1.000. The molecule has 2 aromatic rings. The van der Waals surface area contributed by atoms with Crippen molar-refractivity contribution in [2.24, 2.45) is 5.92 Å². The molecule has 0 saturated carbocycles. The molecule has 3 rings (SSSR count). The molecule has 1 aromatic heterocycles. The van der Waals surface area contributed by atoms with E-state index in [9.17, 15) is 9.59 Å². The first-order valence-corrected chi connectivity index (χ1v) is 9.50. The Balaban J connectivity index is 1.60. The van der Waals surface area contributed by atoms with Gasteiger partial charge in [0.1, 0.15) is 0 Å². The molecule has 0 bridgehead atoms. The number of rotatable bonds is 6. The van der Waals surface area contributed by atoms with Gasteiger partial charge < -0.3 is 15.0 Å². The largest absolute Gasteiger partial charge is 0.383 e. The Labute approximate surface area is 155 Å². The average Bonchev–Trinajstić information content (AvgIpc) is 2.95.